The molecule has 0 radical (unpaired) electrons. The van der Waals surface area contributed by atoms with Gasteiger partial charge < -0.3 is 10.1 Å². The number of ether oxygens (including phenoxy) is 1. The highest BCUT2D eigenvalue weighted by Crippen LogP contribution is 2.30. The zero-order chi connectivity index (χ0) is 13.2. The molecule has 2 atom stereocenters. The summed E-state index contributed by atoms with van der Waals surface area (Å²) in [5.74, 6) is 0. The molecule has 1 aromatic carbocycles. The van der Waals surface area contributed by atoms with E-state index in [-0.39, 0.29) is 5.60 Å². The van der Waals surface area contributed by atoms with Crippen LogP contribution in [0, 0.1) is 6.92 Å². The second-order valence-corrected chi connectivity index (χ2v) is 6.36. The van der Waals surface area contributed by atoms with Crippen LogP contribution in [0.4, 0.5) is 5.69 Å². The summed E-state index contributed by atoms with van der Waals surface area (Å²) in [6.07, 6.45) is 3.24. The average molecular weight is 312 g/mol. The summed E-state index contributed by atoms with van der Waals surface area (Å²) in [7, 11) is 0. The average Bonchev–Trinajstić information content (AvgIpc) is 2.33. The Morgan fingerprint density at radius 3 is 2.94 bits per heavy atom. The molecule has 1 aliphatic heterocycles. The Balaban J connectivity index is 2.05. The molecule has 0 bridgehead atoms. The first-order valence-electron chi connectivity index (χ1n) is 6.69. The minimum Gasteiger partial charge on any atom is -0.382 e. The Labute approximate surface area is 118 Å². The molecule has 2 nitrogen and oxygen atoms in total. The topological polar surface area (TPSA) is 21.3 Å². The minimum absolute atomic E-state index is 0.0409. The number of rotatable bonds is 3. The maximum absolute atomic E-state index is 5.88. The Morgan fingerprint density at radius 1 is 1.50 bits per heavy atom. The first-order chi connectivity index (χ1) is 8.52. The van der Waals surface area contributed by atoms with Gasteiger partial charge in [-0.05, 0) is 56.9 Å². The normalized spacial score (nSPS) is 28.1. The van der Waals surface area contributed by atoms with E-state index in [0.717, 1.165) is 30.3 Å². The molecule has 1 saturated heterocycles. The van der Waals surface area contributed by atoms with Gasteiger partial charge in [0.05, 0.1) is 5.60 Å². The summed E-state index contributed by atoms with van der Waals surface area (Å²) < 4.78 is 7.02. The van der Waals surface area contributed by atoms with Crippen molar-refractivity contribution < 1.29 is 4.74 Å². The van der Waals surface area contributed by atoms with E-state index >= 15 is 0 Å². The van der Waals surface area contributed by atoms with Crippen LogP contribution in [0.15, 0.2) is 22.7 Å². The van der Waals surface area contributed by atoms with E-state index in [0.29, 0.717) is 6.04 Å². The van der Waals surface area contributed by atoms with E-state index in [4.69, 9.17) is 4.74 Å². The highest BCUT2D eigenvalue weighted by atomic mass is 79.9. The smallest absolute Gasteiger partial charge is 0.0671 e. The Morgan fingerprint density at radius 2 is 2.28 bits per heavy atom. The Hall–Kier alpha value is -0.540. The fourth-order valence-electron chi connectivity index (χ4n) is 2.51. The maximum Gasteiger partial charge on any atom is 0.0671 e. The molecule has 0 aromatic heterocycles. The first-order valence-corrected chi connectivity index (χ1v) is 7.48. The first kappa shape index (κ1) is 13.9. The third kappa shape index (κ3) is 3.27. The minimum atomic E-state index is 0.0409. The van der Waals surface area contributed by atoms with Gasteiger partial charge in [-0.3, -0.25) is 0 Å². The zero-order valence-corrected chi connectivity index (χ0v) is 13.0. The predicted molar refractivity (Wildman–Crippen MR) is 80.2 cm³/mol. The lowest BCUT2D eigenvalue weighted by Gasteiger charge is -2.38. The lowest BCUT2D eigenvalue weighted by Crippen LogP contribution is -2.41. The second-order valence-electron chi connectivity index (χ2n) is 5.45. The fraction of sp³-hybridized carbons (Fsp3) is 0.600. The molecular weight excluding hydrogens is 290 g/mol. The van der Waals surface area contributed by atoms with Crippen LogP contribution in [0.2, 0.25) is 0 Å². The molecule has 3 heteroatoms. The predicted octanol–water partition coefficient (Wildman–Crippen LogP) is 4.52. The number of hydrogen-bond donors (Lipinski definition) is 1. The Kier molecular flexibility index (Phi) is 4.33. The summed E-state index contributed by atoms with van der Waals surface area (Å²) in [6, 6.07) is 6.91. The van der Waals surface area contributed by atoms with Crippen molar-refractivity contribution in [2.75, 3.05) is 11.9 Å². The number of nitrogens with one attached hydrogen (secondary N) is 1. The molecule has 1 aromatic rings. The summed E-state index contributed by atoms with van der Waals surface area (Å²) in [6.45, 7) is 7.42. The molecule has 0 aliphatic carbocycles. The van der Waals surface area contributed by atoms with E-state index in [1.54, 1.807) is 0 Å². The van der Waals surface area contributed by atoms with E-state index in [9.17, 15) is 0 Å². The molecule has 1 heterocycles. The number of anilines is 1. The van der Waals surface area contributed by atoms with Crippen molar-refractivity contribution in [1.82, 2.24) is 0 Å². The van der Waals surface area contributed by atoms with Crippen LogP contribution in [0.3, 0.4) is 0 Å². The molecule has 0 amide bonds. The number of hydrogen-bond acceptors (Lipinski definition) is 2. The second kappa shape index (κ2) is 5.62. The molecule has 0 saturated carbocycles. The van der Waals surface area contributed by atoms with Crippen molar-refractivity contribution in [2.45, 2.75) is 51.7 Å². The molecule has 100 valence electrons. The number of benzene rings is 1. The monoisotopic (exact) mass is 311 g/mol. The van der Waals surface area contributed by atoms with Gasteiger partial charge in [-0.2, -0.15) is 0 Å². The maximum atomic E-state index is 5.88. The molecule has 18 heavy (non-hydrogen) atoms. The molecule has 1 aliphatic rings. The highest BCUT2D eigenvalue weighted by molar-refractivity contribution is 9.10. The molecule has 1 N–H and O–H groups in total. The summed E-state index contributed by atoms with van der Waals surface area (Å²) in [5.41, 5.74) is 2.57. The SMILES string of the molecule is CCC1(C)CC(Nc2ccc(Br)cc2C)CCO1. The lowest BCUT2D eigenvalue weighted by molar-refractivity contribution is -0.0708. The zero-order valence-electron chi connectivity index (χ0n) is 11.4. The number of aryl methyl sites for hydroxylation is 1. The van der Waals surface area contributed by atoms with Gasteiger partial charge in [-0.25, -0.2) is 0 Å². The summed E-state index contributed by atoms with van der Waals surface area (Å²) >= 11 is 3.50. The van der Waals surface area contributed by atoms with Crippen LogP contribution < -0.4 is 5.32 Å². The van der Waals surface area contributed by atoms with E-state index in [1.165, 1.54) is 11.3 Å². The third-order valence-corrected chi connectivity index (χ3v) is 4.38. The van der Waals surface area contributed by atoms with E-state index in [1.807, 2.05) is 0 Å². The van der Waals surface area contributed by atoms with Gasteiger partial charge in [0.1, 0.15) is 0 Å². The van der Waals surface area contributed by atoms with Gasteiger partial charge in [0.2, 0.25) is 0 Å². The van der Waals surface area contributed by atoms with Gasteiger partial charge in [-0.1, -0.05) is 22.9 Å². The van der Waals surface area contributed by atoms with Crippen LogP contribution in [-0.2, 0) is 4.74 Å². The van der Waals surface area contributed by atoms with Crippen LogP contribution in [0.25, 0.3) is 0 Å². The van der Waals surface area contributed by atoms with Crippen LogP contribution in [0.5, 0.6) is 0 Å². The third-order valence-electron chi connectivity index (χ3n) is 3.89. The lowest BCUT2D eigenvalue weighted by atomic mass is 9.89. The number of halogens is 1. The van der Waals surface area contributed by atoms with Crippen LogP contribution in [0.1, 0.15) is 38.7 Å². The van der Waals surface area contributed by atoms with Crippen LogP contribution in [-0.4, -0.2) is 18.2 Å². The fourth-order valence-corrected chi connectivity index (χ4v) is 2.98. The van der Waals surface area contributed by atoms with Crippen molar-refractivity contribution in [3.05, 3.63) is 28.2 Å². The highest BCUT2D eigenvalue weighted by Gasteiger charge is 2.31. The van der Waals surface area contributed by atoms with E-state index < -0.39 is 0 Å². The van der Waals surface area contributed by atoms with E-state index in [2.05, 4.69) is 60.2 Å². The van der Waals surface area contributed by atoms with Crippen molar-refractivity contribution in [1.29, 1.82) is 0 Å². The van der Waals surface area contributed by atoms with Gasteiger partial charge in [0, 0.05) is 22.8 Å². The van der Waals surface area contributed by atoms with Crippen molar-refractivity contribution >= 4 is 21.6 Å². The van der Waals surface area contributed by atoms with Gasteiger partial charge in [0.15, 0.2) is 0 Å². The van der Waals surface area contributed by atoms with Gasteiger partial charge >= 0.3 is 0 Å². The summed E-state index contributed by atoms with van der Waals surface area (Å²) in [5, 5.41) is 3.67. The van der Waals surface area contributed by atoms with Crippen molar-refractivity contribution in [3.8, 4) is 0 Å². The van der Waals surface area contributed by atoms with Crippen LogP contribution >= 0.6 is 15.9 Å². The molecule has 2 unspecified atom stereocenters. The standard InChI is InChI=1S/C15H22BrNO/c1-4-15(3)10-13(7-8-18-15)17-14-6-5-12(16)9-11(14)2/h5-6,9,13,17H,4,7-8,10H2,1-3H3. The molecule has 2 rings (SSSR count). The van der Waals surface area contributed by atoms with Crippen molar-refractivity contribution in [2.24, 2.45) is 0 Å². The van der Waals surface area contributed by atoms with Crippen molar-refractivity contribution in [3.63, 3.8) is 0 Å². The largest absolute Gasteiger partial charge is 0.382 e. The Bertz CT molecular complexity index is 421. The molecule has 0 spiro atoms. The molecular formula is C15H22BrNO. The molecule has 1 fully saturated rings. The van der Waals surface area contributed by atoms with Gasteiger partial charge in [0.25, 0.3) is 0 Å². The van der Waals surface area contributed by atoms with Gasteiger partial charge in [-0.15, -0.1) is 0 Å². The summed E-state index contributed by atoms with van der Waals surface area (Å²) in [4.78, 5) is 0. The quantitative estimate of drug-likeness (QED) is 0.886.